The summed E-state index contributed by atoms with van der Waals surface area (Å²) in [4.78, 5) is 10.4. The number of sulfone groups is 1. The van der Waals surface area contributed by atoms with Crippen molar-refractivity contribution < 1.29 is 18.3 Å². The zero-order chi connectivity index (χ0) is 10.5. The summed E-state index contributed by atoms with van der Waals surface area (Å²) >= 11 is 1.55. The maximum atomic E-state index is 11.3. The zero-order valence-electron chi connectivity index (χ0n) is 7.69. The normalized spacial score (nSPS) is 14.0. The number of thioether (sulfide) groups is 1. The van der Waals surface area contributed by atoms with Gasteiger partial charge in [-0.05, 0) is 25.4 Å². The van der Waals surface area contributed by atoms with E-state index < -0.39 is 21.1 Å². The quantitative estimate of drug-likeness (QED) is 0.672. The molecule has 0 fully saturated rings. The largest absolute Gasteiger partial charge is 0.480 e. The van der Waals surface area contributed by atoms with Gasteiger partial charge in [0.15, 0.2) is 15.1 Å². The topological polar surface area (TPSA) is 71.4 Å². The molecule has 0 aromatic carbocycles. The van der Waals surface area contributed by atoms with Gasteiger partial charge in [0.25, 0.3) is 0 Å². The van der Waals surface area contributed by atoms with Gasteiger partial charge in [0, 0.05) is 0 Å². The van der Waals surface area contributed by atoms with Gasteiger partial charge in [-0.15, -0.1) is 0 Å². The van der Waals surface area contributed by atoms with Crippen LogP contribution in [-0.4, -0.2) is 42.5 Å². The van der Waals surface area contributed by atoms with Gasteiger partial charge in [-0.1, -0.05) is 0 Å². The van der Waals surface area contributed by atoms with E-state index in [9.17, 15) is 13.2 Å². The molecule has 0 aromatic heterocycles. The summed E-state index contributed by atoms with van der Waals surface area (Å²) in [6, 6.07) is 0. The van der Waals surface area contributed by atoms with E-state index >= 15 is 0 Å². The minimum Gasteiger partial charge on any atom is -0.480 e. The lowest BCUT2D eigenvalue weighted by Gasteiger charge is -2.07. The third kappa shape index (κ3) is 4.52. The van der Waals surface area contributed by atoms with E-state index in [-0.39, 0.29) is 5.75 Å². The van der Waals surface area contributed by atoms with Crippen LogP contribution in [0.1, 0.15) is 13.3 Å². The fraction of sp³-hybridized carbons (Fsp3) is 0.857. The van der Waals surface area contributed by atoms with Crippen molar-refractivity contribution in [3.63, 3.8) is 0 Å². The van der Waals surface area contributed by atoms with Crippen molar-refractivity contribution in [2.24, 2.45) is 0 Å². The van der Waals surface area contributed by atoms with Gasteiger partial charge in [0.05, 0.1) is 5.75 Å². The minimum atomic E-state index is -3.44. The number of hydrogen-bond acceptors (Lipinski definition) is 4. The standard InChI is InChI=1S/C7H14O4S2/c1-6(7(8)9)13(10,11)5-3-4-12-2/h6H,3-5H2,1-2H3,(H,8,9). The first-order valence-electron chi connectivity index (χ1n) is 3.85. The Hall–Kier alpha value is -0.230. The predicted molar refractivity (Wildman–Crippen MR) is 53.9 cm³/mol. The fourth-order valence-electron chi connectivity index (χ4n) is 0.735. The molecular formula is C7H14O4S2. The van der Waals surface area contributed by atoms with Crippen LogP contribution in [0, 0.1) is 0 Å². The molecule has 0 bridgehead atoms. The number of carboxylic acid groups (broad SMARTS) is 1. The molecule has 0 aliphatic rings. The van der Waals surface area contributed by atoms with Gasteiger partial charge in [0.2, 0.25) is 0 Å². The smallest absolute Gasteiger partial charge is 0.321 e. The number of carbonyl (C=O) groups is 1. The van der Waals surface area contributed by atoms with Crippen LogP contribution >= 0.6 is 11.8 Å². The summed E-state index contributed by atoms with van der Waals surface area (Å²) in [5, 5.41) is 7.21. The Kier molecular flexibility index (Phi) is 5.39. The van der Waals surface area contributed by atoms with Crippen molar-refractivity contribution >= 4 is 27.6 Å². The van der Waals surface area contributed by atoms with E-state index in [1.165, 1.54) is 6.92 Å². The summed E-state index contributed by atoms with van der Waals surface area (Å²) in [7, 11) is -3.44. The first kappa shape index (κ1) is 12.8. The average molecular weight is 226 g/mol. The average Bonchev–Trinajstić information content (AvgIpc) is 2.03. The molecule has 0 radical (unpaired) electrons. The van der Waals surface area contributed by atoms with Gasteiger partial charge >= 0.3 is 5.97 Å². The van der Waals surface area contributed by atoms with E-state index in [0.717, 1.165) is 5.75 Å². The van der Waals surface area contributed by atoms with Gasteiger partial charge in [0.1, 0.15) is 0 Å². The van der Waals surface area contributed by atoms with Gasteiger partial charge in [-0.2, -0.15) is 11.8 Å². The summed E-state index contributed by atoms with van der Waals surface area (Å²) in [6.07, 6.45) is 2.40. The Morgan fingerprint density at radius 3 is 2.46 bits per heavy atom. The first-order chi connectivity index (χ1) is 5.91. The monoisotopic (exact) mass is 226 g/mol. The van der Waals surface area contributed by atoms with Crippen molar-refractivity contribution in [3.05, 3.63) is 0 Å². The lowest BCUT2D eigenvalue weighted by Crippen LogP contribution is -2.29. The van der Waals surface area contributed by atoms with Crippen molar-refractivity contribution in [3.8, 4) is 0 Å². The minimum absolute atomic E-state index is 0.0404. The van der Waals surface area contributed by atoms with Crippen LogP contribution in [-0.2, 0) is 14.6 Å². The Morgan fingerprint density at radius 1 is 1.54 bits per heavy atom. The summed E-state index contributed by atoms with van der Waals surface area (Å²) in [5.74, 6) is -0.573. The highest BCUT2D eigenvalue weighted by molar-refractivity contribution is 7.98. The van der Waals surface area contributed by atoms with Gasteiger partial charge < -0.3 is 5.11 Å². The van der Waals surface area contributed by atoms with Crippen molar-refractivity contribution in [2.45, 2.75) is 18.6 Å². The third-order valence-electron chi connectivity index (χ3n) is 1.66. The predicted octanol–water partition coefficient (Wildman–Crippen LogP) is 0.627. The van der Waals surface area contributed by atoms with E-state index in [1.807, 2.05) is 6.26 Å². The Bertz CT molecular complexity index is 258. The SMILES string of the molecule is CSCCCS(=O)(=O)C(C)C(=O)O. The second-order valence-corrected chi connectivity index (χ2v) is 6.12. The van der Waals surface area contributed by atoms with Crippen molar-refractivity contribution in [1.29, 1.82) is 0 Å². The van der Waals surface area contributed by atoms with Crippen LogP contribution in [0.2, 0.25) is 0 Å². The molecule has 1 atom stereocenters. The third-order valence-corrected chi connectivity index (χ3v) is 4.50. The van der Waals surface area contributed by atoms with E-state index in [2.05, 4.69) is 0 Å². The van der Waals surface area contributed by atoms with Crippen molar-refractivity contribution in [2.75, 3.05) is 17.8 Å². The highest BCUT2D eigenvalue weighted by Gasteiger charge is 2.26. The van der Waals surface area contributed by atoms with Gasteiger partial charge in [-0.3, -0.25) is 4.79 Å². The number of hydrogen-bond donors (Lipinski definition) is 1. The van der Waals surface area contributed by atoms with E-state index in [1.54, 1.807) is 11.8 Å². The molecule has 0 rings (SSSR count). The Labute approximate surface area is 82.6 Å². The summed E-state index contributed by atoms with van der Waals surface area (Å²) < 4.78 is 22.5. The molecule has 0 heterocycles. The Balaban J connectivity index is 4.16. The molecule has 78 valence electrons. The van der Waals surface area contributed by atoms with Gasteiger partial charge in [-0.25, -0.2) is 8.42 Å². The van der Waals surface area contributed by atoms with E-state index in [4.69, 9.17) is 5.11 Å². The Morgan fingerprint density at radius 2 is 2.08 bits per heavy atom. The number of rotatable bonds is 6. The summed E-state index contributed by atoms with van der Waals surface area (Å²) in [5.41, 5.74) is 0. The molecular weight excluding hydrogens is 212 g/mol. The maximum Gasteiger partial charge on any atom is 0.321 e. The maximum absolute atomic E-state index is 11.3. The molecule has 0 saturated carbocycles. The molecule has 13 heavy (non-hydrogen) atoms. The molecule has 0 amide bonds. The lowest BCUT2D eigenvalue weighted by atomic mass is 10.5. The molecule has 0 spiro atoms. The van der Waals surface area contributed by atoms with Crippen LogP contribution in [0.5, 0.6) is 0 Å². The number of aliphatic carboxylic acids is 1. The van der Waals surface area contributed by atoms with Crippen LogP contribution < -0.4 is 0 Å². The second kappa shape index (κ2) is 5.49. The van der Waals surface area contributed by atoms with Crippen LogP contribution in [0.15, 0.2) is 0 Å². The summed E-state index contributed by atoms with van der Waals surface area (Å²) in [6.45, 7) is 1.21. The molecule has 1 unspecified atom stereocenters. The van der Waals surface area contributed by atoms with Crippen LogP contribution in [0.3, 0.4) is 0 Å². The molecule has 1 N–H and O–H groups in total. The van der Waals surface area contributed by atoms with E-state index in [0.29, 0.717) is 6.42 Å². The first-order valence-corrected chi connectivity index (χ1v) is 6.96. The number of carboxylic acids is 1. The highest BCUT2D eigenvalue weighted by atomic mass is 32.2. The molecule has 4 nitrogen and oxygen atoms in total. The molecule has 6 heteroatoms. The van der Waals surface area contributed by atoms with Crippen LogP contribution in [0.4, 0.5) is 0 Å². The molecule has 0 aliphatic carbocycles. The fourth-order valence-corrected chi connectivity index (χ4v) is 2.56. The highest BCUT2D eigenvalue weighted by Crippen LogP contribution is 2.06. The molecule has 0 aliphatic heterocycles. The second-order valence-electron chi connectivity index (χ2n) is 2.69. The molecule has 0 aromatic rings. The zero-order valence-corrected chi connectivity index (χ0v) is 9.32. The van der Waals surface area contributed by atoms with Crippen molar-refractivity contribution in [1.82, 2.24) is 0 Å². The lowest BCUT2D eigenvalue weighted by molar-refractivity contribution is -0.136. The van der Waals surface area contributed by atoms with Crippen LogP contribution in [0.25, 0.3) is 0 Å². The molecule has 0 saturated heterocycles.